The summed E-state index contributed by atoms with van der Waals surface area (Å²) < 4.78 is 3.40. The summed E-state index contributed by atoms with van der Waals surface area (Å²) >= 11 is 0. The Balaban J connectivity index is 1.42. The molecule has 0 fully saturated rings. The second-order valence-electron chi connectivity index (χ2n) is 7.17. The van der Waals surface area contributed by atoms with Gasteiger partial charge < -0.3 is 15.7 Å². The van der Waals surface area contributed by atoms with Gasteiger partial charge in [-0.25, -0.2) is 4.68 Å². The van der Waals surface area contributed by atoms with Gasteiger partial charge in [0.2, 0.25) is 5.91 Å². The normalized spacial score (nSPS) is 14.7. The van der Waals surface area contributed by atoms with Crippen LogP contribution in [-0.2, 0) is 30.8 Å². The number of rotatable bonds is 5. The third-order valence-electron chi connectivity index (χ3n) is 5.00. The maximum Gasteiger partial charge on any atom is 0.244 e. The standard InChI is InChI=1S/C20H24N6O2/c1-14-9-19(21)26(22-14)13-20(28)24-7-8-25-16(12-24)11-17(23-25)18(27)10-15-5-3-2-4-6-15/h2-6,9,11,18,27H,7-8,10,12-13,21H2,1H3. The van der Waals surface area contributed by atoms with E-state index in [2.05, 4.69) is 10.2 Å². The van der Waals surface area contributed by atoms with Crippen molar-refractivity contribution in [3.63, 3.8) is 0 Å². The average Bonchev–Trinajstić information content (AvgIpc) is 3.24. The van der Waals surface area contributed by atoms with Crippen LogP contribution in [0.15, 0.2) is 42.5 Å². The number of amides is 1. The van der Waals surface area contributed by atoms with Crippen molar-refractivity contribution in [2.45, 2.75) is 39.1 Å². The molecule has 1 unspecified atom stereocenters. The smallest absolute Gasteiger partial charge is 0.244 e. The lowest BCUT2D eigenvalue weighted by Crippen LogP contribution is -2.40. The number of nitrogens with two attached hydrogens (primary N) is 1. The van der Waals surface area contributed by atoms with Crippen molar-refractivity contribution in [3.05, 3.63) is 65.1 Å². The predicted octanol–water partition coefficient (Wildman–Crippen LogP) is 1.29. The largest absolute Gasteiger partial charge is 0.386 e. The molecule has 4 rings (SSSR count). The fourth-order valence-electron chi connectivity index (χ4n) is 3.53. The van der Waals surface area contributed by atoms with Crippen LogP contribution in [-0.4, -0.2) is 42.0 Å². The van der Waals surface area contributed by atoms with Crippen LogP contribution in [0.3, 0.4) is 0 Å². The summed E-state index contributed by atoms with van der Waals surface area (Å²) in [5.74, 6) is 0.452. The minimum Gasteiger partial charge on any atom is -0.386 e. The zero-order valence-electron chi connectivity index (χ0n) is 15.8. The lowest BCUT2D eigenvalue weighted by Gasteiger charge is -2.27. The first kappa shape index (κ1) is 18.2. The maximum atomic E-state index is 12.7. The molecular weight excluding hydrogens is 356 g/mol. The van der Waals surface area contributed by atoms with Crippen molar-refractivity contribution in [1.82, 2.24) is 24.5 Å². The number of fused-ring (bicyclic) bond motifs is 1. The van der Waals surface area contributed by atoms with Crippen LogP contribution < -0.4 is 5.73 Å². The summed E-state index contributed by atoms with van der Waals surface area (Å²) in [6, 6.07) is 13.5. The van der Waals surface area contributed by atoms with Crippen LogP contribution in [0, 0.1) is 6.92 Å². The van der Waals surface area contributed by atoms with E-state index in [-0.39, 0.29) is 12.5 Å². The van der Waals surface area contributed by atoms with E-state index in [1.54, 1.807) is 11.0 Å². The molecule has 0 aliphatic carbocycles. The highest BCUT2D eigenvalue weighted by molar-refractivity contribution is 5.76. The molecule has 1 aliphatic heterocycles. The van der Waals surface area contributed by atoms with Gasteiger partial charge in [-0.2, -0.15) is 10.2 Å². The molecule has 2 aromatic heterocycles. The summed E-state index contributed by atoms with van der Waals surface area (Å²) in [6.45, 7) is 3.61. The molecule has 3 heterocycles. The van der Waals surface area contributed by atoms with Crippen molar-refractivity contribution >= 4 is 11.7 Å². The Morgan fingerprint density at radius 2 is 2.00 bits per heavy atom. The van der Waals surface area contributed by atoms with Crippen LogP contribution in [0.5, 0.6) is 0 Å². The molecule has 8 heteroatoms. The highest BCUT2D eigenvalue weighted by atomic mass is 16.3. The van der Waals surface area contributed by atoms with E-state index in [9.17, 15) is 9.90 Å². The zero-order valence-corrected chi connectivity index (χ0v) is 15.8. The summed E-state index contributed by atoms with van der Waals surface area (Å²) in [6.07, 6.45) is -0.158. The average molecular weight is 380 g/mol. The second kappa shape index (κ2) is 7.47. The summed E-state index contributed by atoms with van der Waals surface area (Å²) in [4.78, 5) is 14.4. The van der Waals surface area contributed by atoms with Gasteiger partial charge in [-0.3, -0.25) is 9.48 Å². The Hall–Kier alpha value is -3.13. The number of carbonyl (C=O) groups is 1. The van der Waals surface area contributed by atoms with Crippen molar-refractivity contribution in [2.24, 2.45) is 0 Å². The molecule has 1 atom stereocenters. The summed E-state index contributed by atoms with van der Waals surface area (Å²) in [5.41, 5.74) is 9.30. The van der Waals surface area contributed by atoms with Crippen molar-refractivity contribution in [3.8, 4) is 0 Å². The summed E-state index contributed by atoms with van der Waals surface area (Å²) in [7, 11) is 0. The van der Waals surface area contributed by atoms with E-state index >= 15 is 0 Å². The first-order valence-electron chi connectivity index (χ1n) is 9.36. The Morgan fingerprint density at radius 3 is 2.71 bits per heavy atom. The number of carbonyl (C=O) groups excluding carboxylic acids is 1. The van der Waals surface area contributed by atoms with Gasteiger partial charge in [0.25, 0.3) is 0 Å². The van der Waals surface area contributed by atoms with Crippen molar-refractivity contribution in [1.29, 1.82) is 0 Å². The molecule has 3 aromatic rings. The molecule has 1 aromatic carbocycles. The molecule has 3 N–H and O–H groups in total. The van der Waals surface area contributed by atoms with Crippen LogP contribution in [0.25, 0.3) is 0 Å². The topological polar surface area (TPSA) is 102 Å². The van der Waals surface area contributed by atoms with Crippen LogP contribution in [0.4, 0.5) is 5.82 Å². The Kier molecular flexibility index (Phi) is 4.87. The van der Waals surface area contributed by atoms with Gasteiger partial charge in [0.1, 0.15) is 18.5 Å². The fourth-order valence-corrected chi connectivity index (χ4v) is 3.53. The van der Waals surface area contributed by atoms with Crippen LogP contribution >= 0.6 is 0 Å². The number of anilines is 1. The molecule has 0 bridgehead atoms. The van der Waals surface area contributed by atoms with E-state index < -0.39 is 6.10 Å². The highest BCUT2D eigenvalue weighted by Crippen LogP contribution is 2.21. The van der Waals surface area contributed by atoms with Crippen LogP contribution in [0.1, 0.15) is 28.7 Å². The van der Waals surface area contributed by atoms with Gasteiger partial charge >= 0.3 is 0 Å². The van der Waals surface area contributed by atoms with Gasteiger partial charge in [-0.05, 0) is 18.6 Å². The molecule has 8 nitrogen and oxygen atoms in total. The fraction of sp³-hybridized carbons (Fsp3) is 0.350. The molecule has 0 saturated heterocycles. The van der Waals surface area contributed by atoms with Gasteiger partial charge in [-0.1, -0.05) is 30.3 Å². The van der Waals surface area contributed by atoms with E-state index in [1.807, 2.05) is 48.0 Å². The molecule has 28 heavy (non-hydrogen) atoms. The number of hydrogen-bond acceptors (Lipinski definition) is 5. The van der Waals surface area contributed by atoms with E-state index in [0.717, 1.165) is 17.0 Å². The lowest BCUT2D eigenvalue weighted by atomic mass is 10.1. The Bertz CT molecular complexity index is 978. The number of aliphatic hydroxyl groups is 1. The van der Waals surface area contributed by atoms with E-state index in [0.29, 0.717) is 37.6 Å². The molecule has 1 aliphatic rings. The van der Waals surface area contributed by atoms with Gasteiger partial charge in [0, 0.05) is 19.0 Å². The number of hydrogen-bond donors (Lipinski definition) is 2. The number of aryl methyl sites for hydroxylation is 1. The minimum absolute atomic E-state index is 0.0337. The van der Waals surface area contributed by atoms with E-state index in [4.69, 9.17) is 5.73 Å². The second-order valence-corrected chi connectivity index (χ2v) is 7.17. The van der Waals surface area contributed by atoms with E-state index in [1.165, 1.54) is 4.68 Å². The van der Waals surface area contributed by atoms with Gasteiger partial charge in [0.15, 0.2) is 0 Å². The third-order valence-corrected chi connectivity index (χ3v) is 5.00. The van der Waals surface area contributed by atoms with Gasteiger partial charge in [0.05, 0.1) is 30.2 Å². The maximum absolute atomic E-state index is 12.7. The van der Waals surface area contributed by atoms with Crippen molar-refractivity contribution in [2.75, 3.05) is 12.3 Å². The number of aliphatic hydroxyl groups excluding tert-OH is 1. The highest BCUT2D eigenvalue weighted by Gasteiger charge is 2.24. The first-order chi connectivity index (χ1) is 13.5. The quantitative estimate of drug-likeness (QED) is 0.694. The zero-order chi connectivity index (χ0) is 19.7. The van der Waals surface area contributed by atoms with Gasteiger partial charge in [-0.15, -0.1) is 0 Å². The summed E-state index contributed by atoms with van der Waals surface area (Å²) in [5, 5.41) is 19.3. The van der Waals surface area contributed by atoms with Crippen LogP contribution in [0.2, 0.25) is 0 Å². The number of nitrogens with zero attached hydrogens (tertiary/aromatic N) is 5. The molecule has 146 valence electrons. The molecule has 1 amide bonds. The van der Waals surface area contributed by atoms with Crippen molar-refractivity contribution < 1.29 is 9.90 Å². The molecular formula is C20H24N6O2. The Morgan fingerprint density at radius 1 is 1.21 bits per heavy atom. The predicted molar refractivity (Wildman–Crippen MR) is 104 cm³/mol. The monoisotopic (exact) mass is 380 g/mol. The number of aromatic nitrogens is 4. The third kappa shape index (κ3) is 3.77. The Labute approximate surface area is 163 Å². The molecule has 0 saturated carbocycles. The molecule has 0 radical (unpaired) electrons. The minimum atomic E-state index is -0.670. The first-order valence-corrected chi connectivity index (χ1v) is 9.36. The number of benzene rings is 1. The SMILES string of the molecule is Cc1cc(N)n(CC(=O)N2CCn3nc(C(O)Cc4ccccc4)cc3C2)n1. The number of nitrogen functional groups attached to an aromatic ring is 1. The molecule has 0 spiro atoms. The lowest BCUT2D eigenvalue weighted by molar-refractivity contribution is -0.133.